The fraction of sp³-hybridized carbons (Fsp3) is 0.533. The van der Waals surface area contributed by atoms with E-state index in [0.29, 0.717) is 12.0 Å². The molecule has 1 aromatic rings. The fourth-order valence-electron chi connectivity index (χ4n) is 2.83. The number of carbonyl (C=O) groups is 1. The van der Waals surface area contributed by atoms with Gasteiger partial charge in [0.25, 0.3) is 0 Å². The lowest BCUT2D eigenvalue weighted by Crippen LogP contribution is -2.35. The van der Waals surface area contributed by atoms with Gasteiger partial charge >= 0.3 is 6.03 Å². The molecule has 0 aromatic heterocycles. The van der Waals surface area contributed by atoms with Gasteiger partial charge in [0.1, 0.15) is 0 Å². The van der Waals surface area contributed by atoms with Gasteiger partial charge in [-0.25, -0.2) is 4.79 Å². The van der Waals surface area contributed by atoms with Gasteiger partial charge < -0.3 is 16.4 Å². The topological polar surface area (TPSA) is 67.2 Å². The second kappa shape index (κ2) is 5.95. The van der Waals surface area contributed by atoms with Crippen LogP contribution in [0.5, 0.6) is 0 Å². The smallest absolute Gasteiger partial charge is 0.316 e. The normalized spacial score (nSPS) is 26.7. The predicted molar refractivity (Wildman–Crippen MR) is 79.2 cm³/mol. The standard InChI is InChI=1S/C15H23N3O/c1-10-5-3-8-14(11(10)2)17-12-6-4-7-13(9-12)18-15(16)19/h4,6-7,9-11,14,17H,3,5,8H2,1-2H3,(H3,16,18,19). The summed E-state index contributed by atoms with van der Waals surface area (Å²) in [6.45, 7) is 4.64. The van der Waals surface area contributed by atoms with E-state index in [-0.39, 0.29) is 0 Å². The summed E-state index contributed by atoms with van der Waals surface area (Å²) in [6, 6.07) is 7.69. The molecule has 0 aliphatic heterocycles. The van der Waals surface area contributed by atoms with Gasteiger partial charge in [0.15, 0.2) is 0 Å². The van der Waals surface area contributed by atoms with Crippen LogP contribution in [0.3, 0.4) is 0 Å². The van der Waals surface area contributed by atoms with Gasteiger partial charge in [-0.15, -0.1) is 0 Å². The van der Waals surface area contributed by atoms with E-state index < -0.39 is 6.03 Å². The third-order valence-corrected chi connectivity index (χ3v) is 4.19. The molecule has 1 aromatic carbocycles. The second-order valence-electron chi connectivity index (χ2n) is 5.59. The molecule has 104 valence electrons. The van der Waals surface area contributed by atoms with Crippen LogP contribution in [0.4, 0.5) is 16.2 Å². The van der Waals surface area contributed by atoms with Gasteiger partial charge in [-0.2, -0.15) is 0 Å². The molecule has 4 N–H and O–H groups in total. The SMILES string of the molecule is CC1CCCC(Nc2cccc(NC(N)=O)c2)C1C. The van der Waals surface area contributed by atoms with E-state index in [1.807, 2.05) is 24.3 Å². The maximum atomic E-state index is 10.9. The van der Waals surface area contributed by atoms with Crippen LogP contribution in [0.15, 0.2) is 24.3 Å². The first kappa shape index (κ1) is 13.7. The Labute approximate surface area is 114 Å². The number of urea groups is 1. The van der Waals surface area contributed by atoms with Crippen molar-refractivity contribution in [2.75, 3.05) is 10.6 Å². The molecular formula is C15H23N3O. The molecule has 1 aliphatic rings. The molecule has 4 nitrogen and oxygen atoms in total. The number of benzene rings is 1. The summed E-state index contributed by atoms with van der Waals surface area (Å²) in [7, 11) is 0. The highest BCUT2D eigenvalue weighted by molar-refractivity contribution is 5.88. The van der Waals surface area contributed by atoms with Crippen LogP contribution < -0.4 is 16.4 Å². The van der Waals surface area contributed by atoms with Gasteiger partial charge in [-0.1, -0.05) is 32.8 Å². The number of nitrogens with two attached hydrogens (primary N) is 1. The van der Waals surface area contributed by atoms with Crippen LogP contribution in [0.25, 0.3) is 0 Å². The van der Waals surface area contributed by atoms with Crippen LogP contribution in [-0.2, 0) is 0 Å². The van der Waals surface area contributed by atoms with E-state index in [2.05, 4.69) is 24.5 Å². The first-order chi connectivity index (χ1) is 9.06. The molecule has 0 spiro atoms. The molecule has 3 atom stereocenters. The lowest BCUT2D eigenvalue weighted by Gasteiger charge is -2.35. The Hall–Kier alpha value is -1.71. The molecule has 4 heteroatoms. The third kappa shape index (κ3) is 3.63. The number of hydrogen-bond acceptors (Lipinski definition) is 2. The molecule has 0 radical (unpaired) electrons. The molecule has 1 fully saturated rings. The Morgan fingerprint density at radius 3 is 2.74 bits per heavy atom. The molecule has 2 amide bonds. The monoisotopic (exact) mass is 261 g/mol. The maximum absolute atomic E-state index is 10.9. The van der Waals surface area contributed by atoms with E-state index in [0.717, 1.165) is 17.3 Å². The zero-order valence-corrected chi connectivity index (χ0v) is 11.6. The lowest BCUT2D eigenvalue weighted by atomic mass is 9.78. The Kier molecular flexibility index (Phi) is 4.30. The minimum Gasteiger partial charge on any atom is -0.382 e. The minimum atomic E-state index is -0.531. The first-order valence-electron chi connectivity index (χ1n) is 6.99. The number of amides is 2. The maximum Gasteiger partial charge on any atom is 0.316 e. The molecule has 19 heavy (non-hydrogen) atoms. The molecule has 0 bridgehead atoms. The number of carbonyl (C=O) groups excluding carboxylic acids is 1. The van der Waals surface area contributed by atoms with Crippen molar-refractivity contribution in [2.45, 2.75) is 39.2 Å². The van der Waals surface area contributed by atoms with Crippen molar-refractivity contribution in [3.05, 3.63) is 24.3 Å². The Morgan fingerprint density at radius 1 is 1.26 bits per heavy atom. The number of rotatable bonds is 3. The van der Waals surface area contributed by atoms with Gasteiger partial charge in [0.2, 0.25) is 0 Å². The van der Waals surface area contributed by atoms with Crippen LogP contribution in [-0.4, -0.2) is 12.1 Å². The Morgan fingerprint density at radius 2 is 2.00 bits per heavy atom. The highest BCUT2D eigenvalue weighted by Gasteiger charge is 2.26. The van der Waals surface area contributed by atoms with E-state index >= 15 is 0 Å². The van der Waals surface area contributed by atoms with Crippen molar-refractivity contribution in [2.24, 2.45) is 17.6 Å². The van der Waals surface area contributed by atoms with E-state index in [4.69, 9.17) is 5.73 Å². The predicted octanol–water partition coefficient (Wildman–Crippen LogP) is 3.41. The molecule has 2 rings (SSSR count). The van der Waals surface area contributed by atoms with Crippen LogP contribution in [0.1, 0.15) is 33.1 Å². The summed E-state index contributed by atoms with van der Waals surface area (Å²) in [5.41, 5.74) is 6.90. The summed E-state index contributed by atoms with van der Waals surface area (Å²) in [5, 5.41) is 6.18. The summed E-state index contributed by atoms with van der Waals surface area (Å²) < 4.78 is 0. The zero-order valence-electron chi connectivity index (χ0n) is 11.6. The number of nitrogens with one attached hydrogen (secondary N) is 2. The highest BCUT2D eigenvalue weighted by atomic mass is 16.2. The largest absolute Gasteiger partial charge is 0.382 e. The summed E-state index contributed by atoms with van der Waals surface area (Å²) in [6.07, 6.45) is 3.81. The number of hydrogen-bond donors (Lipinski definition) is 3. The van der Waals surface area contributed by atoms with Crippen molar-refractivity contribution in [3.63, 3.8) is 0 Å². The van der Waals surface area contributed by atoms with Gasteiger partial charge in [-0.05, 0) is 36.5 Å². The Balaban J connectivity index is 2.04. The van der Waals surface area contributed by atoms with Gasteiger partial charge in [-0.3, -0.25) is 0 Å². The van der Waals surface area contributed by atoms with Crippen LogP contribution in [0, 0.1) is 11.8 Å². The second-order valence-corrected chi connectivity index (χ2v) is 5.59. The third-order valence-electron chi connectivity index (χ3n) is 4.19. The summed E-state index contributed by atoms with van der Waals surface area (Å²) >= 11 is 0. The molecule has 0 heterocycles. The quantitative estimate of drug-likeness (QED) is 0.780. The van der Waals surface area contributed by atoms with E-state index in [9.17, 15) is 4.79 Å². The van der Waals surface area contributed by atoms with Crippen molar-refractivity contribution < 1.29 is 4.79 Å². The molecule has 1 saturated carbocycles. The molecule has 1 aliphatic carbocycles. The average molecular weight is 261 g/mol. The average Bonchev–Trinajstić information content (AvgIpc) is 2.35. The fourth-order valence-corrected chi connectivity index (χ4v) is 2.83. The number of primary amides is 1. The Bertz CT molecular complexity index is 447. The molecule has 3 unspecified atom stereocenters. The lowest BCUT2D eigenvalue weighted by molar-refractivity contribution is 0.253. The van der Waals surface area contributed by atoms with Gasteiger partial charge in [0.05, 0.1) is 0 Å². The molecule has 0 saturated heterocycles. The van der Waals surface area contributed by atoms with Gasteiger partial charge in [0, 0.05) is 17.4 Å². The summed E-state index contributed by atoms with van der Waals surface area (Å²) in [4.78, 5) is 10.9. The highest BCUT2D eigenvalue weighted by Crippen LogP contribution is 2.31. The van der Waals surface area contributed by atoms with Crippen molar-refractivity contribution >= 4 is 17.4 Å². The van der Waals surface area contributed by atoms with Crippen molar-refractivity contribution in [1.82, 2.24) is 0 Å². The van der Waals surface area contributed by atoms with Crippen molar-refractivity contribution in [1.29, 1.82) is 0 Å². The van der Waals surface area contributed by atoms with E-state index in [1.54, 1.807) is 0 Å². The van der Waals surface area contributed by atoms with E-state index in [1.165, 1.54) is 19.3 Å². The summed E-state index contributed by atoms with van der Waals surface area (Å²) in [5.74, 6) is 1.43. The first-order valence-corrected chi connectivity index (χ1v) is 6.99. The molecular weight excluding hydrogens is 238 g/mol. The van der Waals surface area contributed by atoms with Crippen LogP contribution >= 0.6 is 0 Å². The van der Waals surface area contributed by atoms with Crippen LogP contribution in [0.2, 0.25) is 0 Å². The zero-order chi connectivity index (χ0) is 13.8. The number of anilines is 2. The van der Waals surface area contributed by atoms with Crippen molar-refractivity contribution in [3.8, 4) is 0 Å². The minimum absolute atomic E-state index is 0.507.